The Kier molecular flexibility index (Phi) is 7.20. The molecule has 170 valence electrons. The predicted octanol–water partition coefficient (Wildman–Crippen LogP) is 5.36. The maximum absolute atomic E-state index is 13.8. The third-order valence-electron chi connectivity index (χ3n) is 6.13. The van der Waals surface area contributed by atoms with Crippen LogP contribution in [0, 0.1) is 5.82 Å². The number of ether oxygens (including phenoxy) is 1. The van der Waals surface area contributed by atoms with Gasteiger partial charge in [0.05, 0.1) is 19.2 Å². The fraction of sp³-hybridized carbons (Fsp3) is 0.250. The molecule has 0 aromatic heterocycles. The number of hydrogen-bond acceptors (Lipinski definition) is 3. The fourth-order valence-electron chi connectivity index (χ4n) is 4.19. The lowest BCUT2D eigenvalue weighted by molar-refractivity contribution is -0.139. The molecule has 1 aliphatic heterocycles. The summed E-state index contributed by atoms with van der Waals surface area (Å²) in [5, 5.41) is 0. The average Bonchev–Trinajstić information content (AvgIpc) is 2.85. The smallest absolute Gasteiger partial charge is 0.240 e. The number of nitrogens with zero attached hydrogens (tertiary/aromatic N) is 2. The van der Waals surface area contributed by atoms with E-state index in [9.17, 15) is 9.18 Å². The van der Waals surface area contributed by atoms with Crippen LogP contribution in [0.2, 0.25) is 0 Å². The summed E-state index contributed by atoms with van der Waals surface area (Å²) in [5.41, 5.74) is 3.06. The zero-order chi connectivity index (χ0) is 23.2. The summed E-state index contributed by atoms with van der Waals surface area (Å²) in [4.78, 5) is 17.9. The molecule has 5 heteroatoms. The van der Waals surface area contributed by atoms with E-state index in [0.717, 1.165) is 16.9 Å². The minimum atomic E-state index is -0.309. The molecule has 0 bridgehead atoms. The summed E-state index contributed by atoms with van der Waals surface area (Å²) < 4.78 is 18.8. The van der Waals surface area contributed by atoms with Gasteiger partial charge in [-0.1, -0.05) is 66.7 Å². The van der Waals surface area contributed by atoms with Crippen LogP contribution in [0.5, 0.6) is 5.75 Å². The van der Waals surface area contributed by atoms with Gasteiger partial charge in [-0.3, -0.25) is 9.69 Å². The minimum Gasteiger partial charge on any atom is -0.497 e. The molecule has 0 spiro atoms. The first-order chi connectivity index (χ1) is 16.0. The van der Waals surface area contributed by atoms with Gasteiger partial charge in [-0.05, 0) is 47.9 Å². The number of benzene rings is 3. The Balaban J connectivity index is 1.67. The molecule has 33 heavy (non-hydrogen) atoms. The third kappa shape index (κ3) is 5.49. The van der Waals surface area contributed by atoms with Gasteiger partial charge < -0.3 is 9.64 Å². The van der Waals surface area contributed by atoms with Gasteiger partial charge >= 0.3 is 0 Å². The number of amides is 1. The molecule has 1 aliphatic rings. The van der Waals surface area contributed by atoms with Gasteiger partial charge in [-0.25, -0.2) is 4.39 Å². The molecule has 0 radical (unpaired) electrons. The molecular formula is C28H29FN2O2. The van der Waals surface area contributed by atoms with E-state index in [-0.39, 0.29) is 23.8 Å². The molecule has 0 fully saturated rings. The van der Waals surface area contributed by atoms with Gasteiger partial charge in [0.1, 0.15) is 11.6 Å². The number of carbonyl (C=O) groups is 1. The highest BCUT2D eigenvalue weighted by molar-refractivity contribution is 5.82. The van der Waals surface area contributed by atoms with Gasteiger partial charge in [0.2, 0.25) is 5.91 Å². The van der Waals surface area contributed by atoms with Gasteiger partial charge in [-0.2, -0.15) is 0 Å². The number of halogens is 1. The van der Waals surface area contributed by atoms with Crippen molar-refractivity contribution < 1.29 is 13.9 Å². The van der Waals surface area contributed by atoms with Crippen molar-refractivity contribution in [2.24, 2.45) is 0 Å². The maximum atomic E-state index is 13.8. The molecule has 3 aromatic carbocycles. The highest BCUT2D eigenvalue weighted by Gasteiger charge is 2.32. The van der Waals surface area contributed by atoms with Crippen LogP contribution in [0.4, 0.5) is 4.39 Å². The molecule has 2 atom stereocenters. The van der Waals surface area contributed by atoms with Crippen LogP contribution < -0.4 is 4.74 Å². The van der Waals surface area contributed by atoms with E-state index in [1.54, 1.807) is 19.2 Å². The van der Waals surface area contributed by atoms with Crippen molar-refractivity contribution >= 4 is 5.91 Å². The van der Waals surface area contributed by atoms with Gasteiger partial charge in [-0.15, -0.1) is 0 Å². The standard InChI is InChI=1S/C28H29FN2O2/c1-21-28(32)31(20-23-10-14-25(29)15-11-23)27(24-12-16-26(33-2)17-13-24)9-6-18-30(21)19-22-7-4-3-5-8-22/h3-17,21,27H,18-20H2,1-2H3/b9-6-/t21-,27+/m0/s1. The van der Waals surface area contributed by atoms with Crippen molar-refractivity contribution in [2.45, 2.75) is 32.1 Å². The summed E-state index contributed by atoms with van der Waals surface area (Å²) in [6.07, 6.45) is 4.23. The summed E-state index contributed by atoms with van der Waals surface area (Å²) >= 11 is 0. The SMILES string of the molecule is COc1ccc([C@H]2/C=C\CN(Cc3ccccc3)[C@@H](C)C(=O)N2Cc2ccc(F)cc2)cc1. The second-order valence-electron chi connectivity index (χ2n) is 8.33. The minimum absolute atomic E-state index is 0.0421. The van der Waals surface area contributed by atoms with Crippen LogP contribution in [0.15, 0.2) is 91.0 Å². The zero-order valence-corrected chi connectivity index (χ0v) is 19.0. The van der Waals surface area contributed by atoms with Crippen LogP contribution in [0.25, 0.3) is 0 Å². The van der Waals surface area contributed by atoms with E-state index < -0.39 is 0 Å². The first kappa shape index (κ1) is 22.7. The fourth-order valence-corrected chi connectivity index (χ4v) is 4.19. The lowest BCUT2D eigenvalue weighted by atomic mass is 10.00. The van der Waals surface area contributed by atoms with Crippen molar-refractivity contribution in [3.8, 4) is 5.75 Å². The normalized spacial score (nSPS) is 20.2. The number of hydrogen-bond donors (Lipinski definition) is 0. The lowest BCUT2D eigenvalue weighted by Crippen LogP contribution is -2.48. The van der Waals surface area contributed by atoms with E-state index in [4.69, 9.17) is 4.74 Å². The first-order valence-electron chi connectivity index (χ1n) is 11.2. The number of methoxy groups -OCH3 is 1. The number of carbonyl (C=O) groups excluding carboxylic acids is 1. The topological polar surface area (TPSA) is 32.8 Å². The van der Waals surface area contributed by atoms with Crippen molar-refractivity contribution in [2.75, 3.05) is 13.7 Å². The number of rotatable bonds is 6. The second-order valence-corrected chi connectivity index (χ2v) is 8.33. The molecule has 0 unspecified atom stereocenters. The Hall–Kier alpha value is -3.44. The average molecular weight is 445 g/mol. The van der Waals surface area contributed by atoms with Crippen molar-refractivity contribution in [1.29, 1.82) is 0 Å². The molecule has 0 saturated heterocycles. The van der Waals surface area contributed by atoms with Crippen LogP contribution in [0.1, 0.15) is 29.7 Å². The van der Waals surface area contributed by atoms with E-state index in [1.165, 1.54) is 17.7 Å². The first-order valence-corrected chi connectivity index (χ1v) is 11.2. The zero-order valence-electron chi connectivity index (χ0n) is 19.0. The van der Waals surface area contributed by atoms with Crippen molar-refractivity contribution in [3.63, 3.8) is 0 Å². The largest absolute Gasteiger partial charge is 0.497 e. The molecule has 0 N–H and O–H groups in total. The Morgan fingerprint density at radius 1 is 0.909 bits per heavy atom. The van der Waals surface area contributed by atoms with Gasteiger partial charge in [0.25, 0.3) is 0 Å². The Morgan fingerprint density at radius 3 is 2.24 bits per heavy atom. The monoisotopic (exact) mass is 444 g/mol. The summed E-state index contributed by atoms with van der Waals surface area (Å²) in [7, 11) is 1.64. The molecular weight excluding hydrogens is 415 g/mol. The highest BCUT2D eigenvalue weighted by Crippen LogP contribution is 2.29. The second kappa shape index (κ2) is 10.5. The molecule has 1 amide bonds. The van der Waals surface area contributed by atoms with E-state index in [0.29, 0.717) is 19.6 Å². The Bertz CT molecular complexity index is 1080. The van der Waals surface area contributed by atoms with E-state index in [2.05, 4.69) is 29.2 Å². The van der Waals surface area contributed by atoms with Gasteiger partial charge in [0.15, 0.2) is 0 Å². The van der Waals surface area contributed by atoms with Crippen molar-refractivity contribution in [3.05, 3.63) is 114 Å². The molecule has 0 saturated carbocycles. The Labute approximate surface area is 194 Å². The molecule has 4 nitrogen and oxygen atoms in total. The Morgan fingerprint density at radius 2 is 1.58 bits per heavy atom. The summed E-state index contributed by atoms with van der Waals surface area (Å²) in [6, 6.07) is 23.8. The highest BCUT2D eigenvalue weighted by atomic mass is 19.1. The molecule has 1 heterocycles. The molecule has 4 rings (SSSR count). The van der Waals surface area contributed by atoms with Gasteiger partial charge in [0, 0.05) is 19.6 Å². The predicted molar refractivity (Wildman–Crippen MR) is 128 cm³/mol. The van der Waals surface area contributed by atoms with Crippen molar-refractivity contribution in [1.82, 2.24) is 9.80 Å². The van der Waals surface area contributed by atoms with E-state index in [1.807, 2.05) is 54.3 Å². The quantitative estimate of drug-likeness (QED) is 0.480. The third-order valence-corrected chi connectivity index (χ3v) is 6.13. The van der Waals surface area contributed by atoms with Crippen LogP contribution >= 0.6 is 0 Å². The molecule has 3 aromatic rings. The summed E-state index contributed by atoms with van der Waals surface area (Å²) in [6.45, 7) is 3.73. The van der Waals surface area contributed by atoms with Crippen LogP contribution in [-0.4, -0.2) is 35.4 Å². The van der Waals surface area contributed by atoms with Crippen LogP contribution in [-0.2, 0) is 17.9 Å². The molecule has 0 aliphatic carbocycles. The van der Waals surface area contributed by atoms with Crippen LogP contribution in [0.3, 0.4) is 0 Å². The van der Waals surface area contributed by atoms with E-state index >= 15 is 0 Å². The lowest BCUT2D eigenvalue weighted by Gasteiger charge is -2.38. The summed E-state index contributed by atoms with van der Waals surface area (Å²) in [5.74, 6) is 0.527. The maximum Gasteiger partial charge on any atom is 0.240 e.